The molecule has 10 nitrogen and oxygen atoms in total. The van der Waals surface area contributed by atoms with Crippen LogP contribution in [0.25, 0.3) is 5.65 Å². The average Bonchev–Trinajstić information content (AvgIpc) is 3.06. The Morgan fingerprint density at radius 3 is 2.83 bits per heavy atom. The van der Waals surface area contributed by atoms with E-state index in [0.29, 0.717) is 5.95 Å². The molecule has 132 valence electrons. The standard InChI is InChI=1S/C13H21N7O.CH2O2/c1-2-19(4-3-18-5-7-21-8-6-18)11-9-12-17-15-10-20(12)13(14)16-11;2-1-3/h9-10H,2-8H2,1H3,(H2,14,16);1H,(H,2,3). The minimum atomic E-state index is -0.250. The summed E-state index contributed by atoms with van der Waals surface area (Å²) in [4.78, 5) is 17.4. The third-order valence-corrected chi connectivity index (χ3v) is 3.80. The number of nitrogen functional groups attached to an aromatic ring is 1. The van der Waals surface area contributed by atoms with Crippen molar-refractivity contribution in [2.45, 2.75) is 6.92 Å². The van der Waals surface area contributed by atoms with Gasteiger partial charge in [-0.2, -0.15) is 4.98 Å². The van der Waals surface area contributed by atoms with Gasteiger partial charge in [-0.05, 0) is 6.92 Å². The molecule has 1 saturated heterocycles. The molecule has 1 fully saturated rings. The highest BCUT2D eigenvalue weighted by Gasteiger charge is 2.14. The van der Waals surface area contributed by atoms with Crippen LogP contribution in [-0.4, -0.2) is 82.0 Å². The lowest BCUT2D eigenvalue weighted by Gasteiger charge is -2.30. The van der Waals surface area contributed by atoms with Gasteiger partial charge in [-0.1, -0.05) is 0 Å². The number of ether oxygens (including phenoxy) is 1. The van der Waals surface area contributed by atoms with Crippen molar-refractivity contribution in [3.05, 3.63) is 12.4 Å². The molecule has 3 heterocycles. The van der Waals surface area contributed by atoms with Crippen molar-refractivity contribution < 1.29 is 14.6 Å². The summed E-state index contributed by atoms with van der Waals surface area (Å²) in [5.74, 6) is 1.26. The van der Waals surface area contributed by atoms with Crippen molar-refractivity contribution in [2.75, 3.05) is 56.6 Å². The van der Waals surface area contributed by atoms with E-state index in [0.717, 1.165) is 57.4 Å². The van der Waals surface area contributed by atoms with Crippen LogP contribution in [0.15, 0.2) is 12.4 Å². The van der Waals surface area contributed by atoms with Gasteiger partial charge in [0.1, 0.15) is 12.1 Å². The highest BCUT2D eigenvalue weighted by molar-refractivity contribution is 5.55. The summed E-state index contributed by atoms with van der Waals surface area (Å²) in [6, 6.07) is 1.92. The normalized spacial score (nSPS) is 14.9. The zero-order valence-corrected chi connectivity index (χ0v) is 13.7. The second-order valence-electron chi connectivity index (χ2n) is 5.17. The van der Waals surface area contributed by atoms with Crippen molar-refractivity contribution in [2.24, 2.45) is 0 Å². The van der Waals surface area contributed by atoms with Gasteiger partial charge < -0.3 is 20.5 Å². The first-order valence-corrected chi connectivity index (χ1v) is 7.78. The van der Waals surface area contributed by atoms with E-state index in [2.05, 4.69) is 31.9 Å². The van der Waals surface area contributed by atoms with Crippen LogP contribution < -0.4 is 10.6 Å². The van der Waals surface area contributed by atoms with Gasteiger partial charge in [-0.25, -0.2) is 0 Å². The zero-order valence-electron chi connectivity index (χ0n) is 13.7. The van der Waals surface area contributed by atoms with Crippen molar-refractivity contribution in [1.82, 2.24) is 24.5 Å². The van der Waals surface area contributed by atoms with Gasteiger partial charge in [-0.15, -0.1) is 10.2 Å². The molecule has 0 atom stereocenters. The van der Waals surface area contributed by atoms with E-state index in [4.69, 9.17) is 20.4 Å². The number of fused-ring (bicyclic) bond motifs is 1. The maximum atomic E-state index is 8.36. The first-order chi connectivity index (χ1) is 11.7. The van der Waals surface area contributed by atoms with E-state index >= 15 is 0 Å². The summed E-state index contributed by atoms with van der Waals surface area (Å²) in [5.41, 5.74) is 6.68. The molecule has 1 aliphatic rings. The lowest BCUT2D eigenvalue weighted by Crippen LogP contribution is -2.41. The molecule has 0 spiro atoms. The van der Waals surface area contributed by atoms with Crippen molar-refractivity contribution in [1.29, 1.82) is 0 Å². The fourth-order valence-electron chi connectivity index (χ4n) is 2.52. The van der Waals surface area contributed by atoms with Crippen molar-refractivity contribution in [3.63, 3.8) is 0 Å². The number of morpholine rings is 1. The number of aromatic nitrogens is 4. The minimum Gasteiger partial charge on any atom is -0.483 e. The fraction of sp³-hybridized carbons (Fsp3) is 0.571. The van der Waals surface area contributed by atoms with Crippen LogP contribution in [-0.2, 0) is 9.53 Å². The molecule has 2 aromatic heterocycles. The van der Waals surface area contributed by atoms with Gasteiger partial charge in [0.05, 0.1) is 13.2 Å². The monoisotopic (exact) mass is 337 g/mol. The van der Waals surface area contributed by atoms with E-state index < -0.39 is 0 Å². The van der Waals surface area contributed by atoms with E-state index in [1.54, 1.807) is 10.7 Å². The molecular formula is C14H23N7O3. The van der Waals surface area contributed by atoms with Crippen LogP contribution in [0.4, 0.5) is 11.8 Å². The number of rotatable bonds is 5. The topological polar surface area (TPSA) is 122 Å². The molecule has 0 bridgehead atoms. The molecular weight excluding hydrogens is 314 g/mol. The Hall–Kier alpha value is -2.46. The number of likely N-dealkylation sites (N-methyl/N-ethyl adjacent to an activating group) is 1. The quantitative estimate of drug-likeness (QED) is 0.699. The zero-order chi connectivity index (χ0) is 17.4. The van der Waals surface area contributed by atoms with E-state index in [1.807, 2.05) is 6.07 Å². The third kappa shape index (κ3) is 4.52. The molecule has 0 unspecified atom stereocenters. The molecule has 2 aromatic rings. The van der Waals surface area contributed by atoms with Crippen LogP contribution in [0.3, 0.4) is 0 Å². The second kappa shape index (κ2) is 8.99. The van der Waals surface area contributed by atoms with E-state index in [-0.39, 0.29) is 6.47 Å². The summed E-state index contributed by atoms with van der Waals surface area (Å²) in [6.07, 6.45) is 1.57. The van der Waals surface area contributed by atoms with Gasteiger partial charge in [0.25, 0.3) is 6.47 Å². The van der Waals surface area contributed by atoms with Gasteiger partial charge in [0.15, 0.2) is 5.65 Å². The second-order valence-corrected chi connectivity index (χ2v) is 5.17. The predicted octanol–water partition coefficient (Wildman–Crippen LogP) is -0.434. The Morgan fingerprint density at radius 2 is 2.17 bits per heavy atom. The van der Waals surface area contributed by atoms with Crippen molar-refractivity contribution in [3.8, 4) is 0 Å². The highest BCUT2D eigenvalue weighted by atomic mass is 16.5. The average molecular weight is 337 g/mol. The predicted molar refractivity (Wildman–Crippen MR) is 89.0 cm³/mol. The SMILES string of the molecule is CCN(CCN1CCOCC1)c1cc2nncn2c(N)n1.O=CO. The van der Waals surface area contributed by atoms with Crippen molar-refractivity contribution >= 4 is 23.9 Å². The molecule has 10 heteroatoms. The molecule has 0 radical (unpaired) electrons. The highest BCUT2D eigenvalue weighted by Crippen LogP contribution is 2.16. The van der Waals surface area contributed by atoms with Crippen LogP contribution in [0, 0.1) is 0 Å². The summed E-state index contributed by atoms with van der Waals surface area (Å²) in [6.45, 7) is 8.29. The maximum Gasteiger partial charge on any atom is 0.290 e. The fourth-order valence-corrected chi connectivity index (χ4v) is 2.52. The summed E-state index contributed by atoms with van der Waals surface area (Å²) >= 11 is 0. The van der Waals surface area contributed by atoms with Gasteiger partial charge in [0.2, 0.25) is 5.95 Å². The lowest BCUT2D eigenvalue weighted by molar-refractivity contribution is -0.122. The lowest BCUT2D eigenvalue weighted by atomic mass is 10.3. The number of nitrogens with two attached hydrogens (primary N) is 1. The number of anilines is 2. The van der Waals surface area contributed by atoms with Gasteiger partial charge in [0, 0.05) is 38.8 Å². The summed E-state index contributed by atoms with van der Waals surface area (Å²) in [5, 5.41) is 14.8. The molecule has 0 amide bonds. The molecule has 0 aromatic carbocycles. The Labute approximate surface area is 139 Å². The summed E-state index contributed by atoms with van der Waals surface area (Å²) < 4.78 is 7.05. The molecule has 24 heavy (non-hydrogen) atoms. The van der Waals surface area contributed by atoms with Crippen LogP contribution >= 0.6 is 0 Å². The molecule has 0 saturated carbocycles. The van der Waals surface area contributed by atoms with Gasteiger partial charge >= 0.3 is 0 Å². The maximum absolute atomic E-state index is 8.36. The molecule has 1 aliphatic heterocycles. The van der Waals surface area contributed by atoms with Crippen LogP contribution in [0.2, 0.25) is 0 Å². The first-order valence-electron chi connectivity index (χ1n) is 7.78. The molecule has 0 aliphatic carbocycles. The number of hydrogen-bond donors (Lipinski definition) is 2. The van der Waals surface area contributed by atoms with Gasteiger partial charge in [-0.3, -0.25) is 14.1 Å². The number of nitrogens with zero attached hydrogens (tertiary/aromatic N) is 6. The third-order valence-electron chi connectivity index (χ3n) is 3.80. The Morgan fingerprint density at radius 1 is 1.46 bits per heavy atom. The number of carbonyl (C=O) groups is 1. The Kier molecular flexibility index (Phi) is 6.70. The number of hydrogen-bond acceptors (Lipinski definition) is 8. The molecule has 3 rings (SSSR count). The van der Waals surface area contributed by atoms with Crippen LogP contribution in [0.5, 0.6) is 0 Å². The first kappa shape index (κ1) is 17.9. The van der Waals surface area contributed by atoms with E-state index in [1.165, 1.54) is 0 Å². The van der Waals surface area contributed by atoms with Crippen LogP contribution in [0.1, 0.15) is 6.92 Å². The Balaban J connectivity index is 0.000000647. The summed E-state index contributed by atoms with van der Waals surface area (Å²) in [7, 11) is 0. The number of carboxylic acid groups (broad SMARTS) is 1. The molecule has 3 N–H and O–H groups in total. The minimum absolute atomic E-state index is 0.250. The van der Waals surface area contributed by atoms with E-state index in [9.17, 15) is 0 Å². The smallest absolute Gasteiger partial charge is 0.290 e. The Bertz CT molecular complexity index is 642. The largest absolute Gasteiger partial charge is 0.483 e.